The maximum absolute atomic E-state index is 14.6. The van der Waals surface area contributed by atoms with Crippen LogP contribution in [-0.4, -0.2) is 101 Å². The molecule has 1 unspecified atom stereocenters. The van der Waals surface area contributed by atoms with E-state index in [4.69, 9.17) is 0 Å². The van der Waals surface area contributed by atoms with Gasteiger partial charge in [-0.25, -0.2) is 14.4 Å². The van der Waals surface area contributed by atoms with Crippen LogP contribution in [0.1, 0.15) is 67.5 Å². The van der Waals surface area contributed by atoms with E-state index in [0.717, 1.165) is 49.7 Å². The molecule has 1 amide bonds. The number of rotatable bonds is 6. The van der Waals surface area contributed by atoms with Crippen molar-refractivity contribution in [2.24, 2.45) is 0 Å². The molecule has 0 bridgehead atoms. The quantitative estimate of drug-likeness (QED) is 0.525. The Morgan fingerprint density at radius 1 is 1.05 bits per heavy atom. The first-order chi connectivity index (χ1) is 19.4. The highest BCUT2D eigenvalue weighted by atomic mass is 19.4. The Morgan fingerprint density at radius 3 is 2.34 bits per heavy atom. The second-order valence-corrected chi connectivity index (χ2v) is 11.7. The maximum atomic E-state index is 14.6. The summed E-state index contributed by atoms with van der Waals surface area (Å²) in [7, 11) is 0. The van der Waals surface area contributed by atoms with Crippen molar-refractivity contribution in [3.05, 3.63) is 52.7 Å². The zero-order chi connectivity index (χ0) is 29.5. The molecule has 3 atom stereocenters. The number of aromatic nitrogens is 2. The van der Waals surface area contributed by atoms with Crippen LogP contribution in [0, 0.1) is 5.82 Å². The molecule has 0 saturated carbocycles. The van der Waals surface area contributed by atoms with Gasteiger partial charge in [0.15, 0.2) is 0 Å². The summed E-state index contributed by atoms with van der Waals surface area (Å²) in [5, 5.41) is 10.4. The molecule has 3 heterocycles. The van der Waals surface area contributed by atoms with Gasteiger partial charge in [-0.2, -0.15) is 13.2 Å². The number of amides is 1. The predicted molar refractivity (Wildman–Crippen MR) is 146 cm³/mol. The van der Waals surface area contributed by atoms with Gasteiger partial charge in [-0.3, -0.25) is 14.6 Å². The van der Waals surface area contributed by atoms with Crippen LogP contribution >= 0.6 is 0 Å². The van der Waals surface area contributed by atoms with Crippen molar-refractivity contribution in [2.45, 2.75) is 57.3 Å². The third-order valence-electron chi connectivity index (χ3n) is 8.75. The van der Waals surface area contributed by atoms with Gasteiger partial charge in [-0.1, -0.05) is 13.0 Å². The van der Waals surface area contributed by atoms with E-state index in [1.54, 1.807) is 4.90 Å². The lowest BCUT2D eigenvalue weighted by molar-refractivity contribution is -0.140. The van der Waals surface area contributed by atoms with Crippen molar-refractivity contribution < 1.29 is 27.5 Å². The molecule has 2 aromatic rings. The van der Waals surface area contributed by atoms with Crippen LogP contribution in [0.3, 0.4) is 0 Å². The molecule has 5 rings (SSSR count). The number of alkyl halides is 3. The summed E-state index contributed by atoms with van der Waals surface area (Å²) >= 11 is 0. The van der Waals surface area contributed by atoms with E-state index in [0.29, 0.717) is 50.9 Å². The molecule has 1 aromatic heterocycles. The molecule has 0 radical (unpaired) electrons. The molecular weight excluding hydrogens is 540 g/mol. The van der Waals surface area contributed by atoms with Gasteiger partial charge in [0.05, 0.1) is 23.3 Å². The van der Waals surface area contributed by atoms with Gasteiger partial charge in [0.1, 0.15) is 18.0 Å². The monoisotopic (exact) mass is 578 g/mol. The number of anilines is 1. The number of aliphatic hydroxyl groups excluding tert-OH is 1. The van der Waals surface area contributed by atoms with E-state index < -0.39 is 29.6 Å². The average Bonchev–Trinajstić information content (AvgIpc) is 3.24. The Hall–Kier alpha value is -2.83. The van der Waals surface area contributed by atoms with Crippen molar-refractivity contribution in [3.8, 4) is 0 Å². The first-order valence-corrected chi connectivity index (χ1v) is 14.3. The number of hydrogen-bond donors (Lipinski definition) is 1. The van der Waals surface area contributed by atoms with Gasteiger partial charge in [-0.05, 0) is 43.9 Å². The minimum absolute atomic E-state index is 0.117. The van der Waals surface area contributed by atoms with Crippen molar-refractivity contribution >= 4 is 11.7 Å². The minimum Gasteiger partial charge on any atom is -0.387 e. The second kappa shape index (κ2) is 11.8. The fourth-order valence-corrected chi connectivity index (χ4v) is 6.34. The molecule has 2 fully saturated rings. The molecular formula is C29H38F4N6O2. The summed E-state index contributed by atoms with van der Waals surface area (Å²) in [5.74, 6) is -1.48. The normalized spacial score (nSPS) is 23.2. The number of carbonyl (C=O) groups is 1. The number of nitrogens with zero attached hydrogens (tertiary/aromatic N) is 6. The summed E-state index contributed by atoms with van der Waals surface area (Å²) in [6, 6.07) is 3.26. The van der Waals surface area contributed by atoms with Crippen molar-refractivity contribution in [3.63, 3.8) is 0 Å². The lowest BCUT2D eigenvalue weighted by Crippen LogP contribution is -2.53. The molecule has 224 valence electrons. The Bertz CT molecular complexity index is 1240. The van der Waals surface area contributed by atoms with Crippen LogP contribution in [-0.2, 0) is 11.0 Å². The third-order valence-corrected chi connectivity index (χ3v) is 8.75. The van der Waals surface area contributed by atoms with E-state index in [9.17, 15) is 27.5 Å². The number of benzene rings is 1. The highest BCUT2D eigenvalue weighted by Gasteiger charge is 2.38. The predicted octanol–water partition coefficient (Wildman–Crippen LogP) is 3.63. The van der Waals surface area contributed by atoms with Crippen LogP contribution in [0.5, 0.6) is 0 Å². The van der Waals surface area contributed by atoms with Crippen LogP contribution in [0.25, 0.3) is 0 Å². The largest absolute Gasteiger partial charge is 0.419 e. The molecule has 1 N–H and O–H groups in total. The SMILES string of the molecule is CC(C)N1CCN(CC(C(=O)N2CCN(c3ncnc4c3[C@H](C)C[C@H]4O)CC2)c2ccc(C(F)(F)F)c(F)c2)CC1. The molecule has 12 heteroatoms. The van der Waals surface area contributed by atoms with Gasteiger partial charge in [-0.15, -0.1) is 0 Å². The Labute approximate surface area is 238 Å². The highest BCUT2D eigenvalue weighted by molar-refractivity contribution is 5.84. The Balaban J connectivity index is 1.33. The van der Waals surface area contributed by atoms with Crippen molar-refractivity contribution in [1.29, 1.82) is 0 Å². The molecule has 3 aliphatic rings. The highest BCUT2D eigenvalue weighted by Crippen LogP contribution is 2.43. The summed E-state index contributed by atoms with van der Waals surface area (Å²) in [6.45, 7) is 11.5. The lowest BCUT2D eigenvalue weighted by Gasteiger charge is -2.40. The van der Waals surface area contributed by atoms with E-state index in [-0.39, 0.29) is 17.4 Å². The fourth-order valence-electron chi connectivity index (χ4n) is 6.34. The Morgan fingerprint density at radius 2 is 1.73 bits per heavy atom. The van der Waals surface area contributed by atoms with Crippen LogP contribution in [0.4, 0.5) is 23.4 Å². The Kier molecular flexibility index (Phi) is 8.54. The molecule has 8 nitrogen and oxygen atoms in total. The summed E-state index contributed by atoms with van der Waals surface area (Å²) < 4.78 is 54.4. The zero-order valence-electron chi connectivity index (χ0n) is 23.7. The topological polar surface area (TPSA) is 76.0 Å². The van der Waals surface area contributed by atoms with Gasteiger partial charge in [0.2, 0.25) is 5.91 Å². The molecule has 0 spiro atoms. The van der Waals surface area contributed by atoms with Gasteiger partial charge in [0, 0.05) is 70.5 Å². The van der Waals surface area contributed by atoms with Gasteiger partial charge < -0.3 is 14.9 Å². The number of piperazine rings is 2. The molecule has 2 saturated heterocycles. The van der Waals surface area contributed by atoms with Crippen molar-refractivity contribution in [1.82, 2.24) is 24.7 Å². The van der Waals surface area contributed by atoms with Crippen LogP contribution < -0.4 is 4.90 Å². The molecule has 2 aliphatic heterocycles. The first-order valence-electron chi connectivity index (χ1n) is 14.3. The maximum Gasteiger partial charge on any atom is 0.419 e. The fraction of sp³-hybridized carbons (Fsp3) is 0.621. The second-order valence-electron chi connectivity index (χ2n) is 11.7. The minimum atomic E-state index is -4.81. The number of halogens is 4. The van der Waals surface area contributed by atoms with Gasteiger partial charge >= 0.3 is 6.18 Å². The standard InChI is InChI=1S/C29H38F4N6O2/c1-18(2)37-8-6-36(7-9-37)16-21(20-4-5-22(23(30)15-20)29(31,32)33)28(41)39-12-10-38(11-13-39)27-25-19(3)14-24(40)26(25)34-17-35-27/h4-5,15,17-19,21,24,40H,6-14,16H2,1-3H3/t19-,21?,24-/m1/s1. The van der Waals surface area contributed by atoms with E-state index in [2.05, 4.69) is 38.5 Å². The first kappa shape index (κ1) is 29.7. The number of aliphatic hydroxyl groups is 1. The van der Waals surface area contributed by atoms with Crippen LogP contribution in [0.2, 0.25) is 0 Å². The molecule has 1 aromatic carbocycles. The van der Waals surface area contributed by atoms with Crippen molar-refractivity contribution in [2.75, 3.05) is 63.8 Å². The van der Waals surface area contributed by atoms with Gasteiger partial charge in [0.25, 0.3) is 0 Å². The number of fused-ring (bicyclic) bond motifs is 1. The zero-order valence-corrected chi connectivity index (χ0v) is 23.7. The lowest BCUT2D eigenvalue weighted by atomic mass is 9.94. The van der Waals surface area contributed by atoms with E-state index >= 15 is 0 Å². The number of carbonyl (C=O) groups excluding carboxylic acids is 1. The smallest absolute Gasteiger partial charge is 0.387 e. The van der Waals surface area contributed by atoms with E-state index in [1.807, 2.05) is 6.92 Å². The number of hydrogen-bond acceptors (Lipinski definition) is 7. The molecule has 41 heavy (non-hydrogen) atoms. The molecule has 1 aliphatic carbocycles. The summed E-state index contributed by atoms with van der Waals surface area (Å²) in [5.41, 5.74) is 0.523. The van der Waals surface area contributed by atoms with E-state index in [1.165, 1.54) is 12.4 Å². The average molecular weight is 579 g/mol. The third kappa shape index (κ3) is 6.19. The summed E-state index contributed by atoms with van der Waals surface area (Å²) in [6.07, 6.45) is -3.37. The van der Waals surface area contributed by atoms with Crippen LogP contribution in [0.15, 0.2) is 24.5 Å². The summed E-state index contributed by atoms with van der Waals surface area (Å²) in [4.78, 5) is 31.0.